The van der Waals surface area contributed by atoms with Gasteiger partial charge in [0.2, 0.25) is 0 Å². The minimum atomic E-state index is -1.39. The molecule has 0 aromatic heterocycles. The van der Waals surface area contributed by atoms with Gasteiger partial charge in [-0.15, -0.1) is 0 Å². The molecule has 0 fully saturated rings. The van der Waals surface area contributed by atoms with Crippen molar-refractivity contribution in [2.45, 2.75) is 0 Å². The summed E-state index contributed by atoms with van der Waals surface area (Å²) in [4.78, 5) is 12.3. The molecule has 0 unspecified atom stereocenters. The van der Waals surface area contributed by atoms with Crippen LogP contribution in [0.1, 0.15) is 0 Å². The van der Waals surface area contributed by atoms with Crippen molar-refractivity contribution in [2.75, 3.05) is 4.90 Å². The van der Waals surface area contributed by atoms with Crippen LogP contribution in [0.3, 0.4) is 0 Å². The van der Waals surface area contributed by atoms with Gasteiger partial charge in [0.1, 0.15) is 0 Å². The Balaban J connectivity index is 2.60. The van der Waals surface area contributed by atoms with Crippen molar-refractivity contribution in [2.24, 2.45) is 0 Å². The molecule has 0 N–H and O–H groups in total. The van der Waals surface area contributed by atoms with E-state index in [0.717, 1.165) is 4.90 Å². The normalized spacial score (nSPS) is 10.1. The average molecular weight is 281 g/mol. The molecule has 91 valence electrons. The van der Waals surface area contributed by atoms with Gasteiger partial charge in [-0.1, -0.05) is 47.5 Å². The van der Waals surface area contributed by atoms with Crippen molar-refractivity contribution >= 4 is 40.7 Å². The molecule has 0 saturated carbocycles. The third-order valence-electron chi connectivity index (χ3n) is 2.36. The maximum absolute atomic E-state index is 11.3. The predicted octanol–water partition coefficient (Wildman–Crippen LogP) is 4.68. The first kappa shape index (κ1) is 12.7. The third kappa shape index (κ3) is 2.42. The van der Waals surface area contributed by atoms with Crippen molar-refractivity contribution in [1.82, 2.24) is 0 Å². The first-order valence-corrected chi connectivity index (χ1v) is 5.87. The molecule has 0 bridgehead atoms. The second kappa shape index (κ2) is 5.29. The third-order valence-corrected chi connectivity index (χ3v) is 2.97. The van der Waals surface area contributed by atoms with Crippen LogP contribution < -0.4 is 4.90 Å². The number of carbonyl (C=O) groups is 1. The van der Waals surface area contributed by atoms with E-state index >= 15 is 0 Å². The Hall–Kier alpha value is -1.71. The minimum absolute atomic E-state index is 0.201. The Morgan fingerprint density at radius 1 is 0.889 bits per heavy atom. The number of nitrogens with zero attached hydrogens (tertiary/aromatic N) is 1. The Labute approximate surface area is 114 Å². The summed E-state index contributed by atoms with van der Waals surface area (Å²) in [6, 6.07) is 13.3. The van der Waals surface area contributed by atoms with Gasteiger partial charge in [-0.05, 0) is 24.3 Å². The topological polar surface area (TPSA) is 40.2 Å². The lowest BCUT2D eigenvalue weighted by Crippen LogP contribution is -2.23. The van der Waals surface area contributed by atoms with E-state index in [-0.39, 0.29) is 15.7 Å². The molecule has 0 heterocycles. The van der Waals surface area contributed by atoms with Crippen LogP contribution in [0.5, 0.6) is 0 Å². The summed E-state index contributed by atoms with van der Waals surface area (Å²) in [5.41, 5.74) is 0.625. The highest BCUT2D eigenvalue weighted by atomic mass is 35.5. The van der Waals surface area contributed by atoms with E-state index in [1.54, 1.807) is 48.5 Å². The number of para-hydroxylation sites is 2. The fourth-order valence-electron chi connectivity index (χ4n) is 1.61. The molecule has 2 aromatic carbocycles. The number of carbonyl (C=O) groups excluding carboxylic acids is 1. The van der Waals surface area contributed by atoms with Gasteiger partial charge in [-0.25, -0.2) is 14.8 Å². The predicted molar refractivity (Wildman–Crippen MR) is 71.1 cm³/mol. The summed E-state index contributed by atoms with van der Waals surface area (Å²) in [6.07, 6.45) is -1.39. The van der Waals surface area contributed by atoms with E-state index in [2.05, 4.69) is 0 Å². The molecule has 0 spiro atoms. The second-order valence-electron chi connectivity index (χ2n) is 3.51. The lowest BCUT2D eigenvalue weighted by Gasteiger charge is -2.20. The smallest absolute Gasteiger partial charge is 0.240 e. The maximum Gasteiger partial charge on any atom is 0.462 e. The number of hydrogen-bond acceptors (Lipinski definition) is 1. The lowest BCUT2D eigenvalue weighted by molar-refractivity contribution is 0.179. The maximum atomic E-state index is 11.3. The molecule has 0 atom stereocenters. The number of hydrogen-bond donors (Lipinski definition) is 0. The van der Waals surface area contributed by atoms with Crippen molar-refractivity contribution < 1.29 is 9.90 Å². The summed E-state index contributed by atoms with van der Waals surface area (Å²) < 4.78 is 0. The molecule has 0 saturated heterocycles. The minimum Gasteiger partial charge on any atom is -0.240 e. The number of amides is 1. The Morgan fingerprint density at radius 2 is 1.44 bits per heavy atom. The SMILES string of the molecule is [O]C(=O)N(c1ccccc1)c1c(Cl)cccc1Cl. The van der Waals surface area contributed by atoms with Gasteiger partial charge in [0.05, 0.1) is 21.4 Å². The standard InChI is InChI=1S/C13H8Cl2NO2/c14-10-7-4-8-11(15)12(10)16(13(17)18)9-5-2-1-3-6-9/h1-8H. The Bertz CT molecular complexity index is 552. The molecule has 2 rings (SSSR count). The largest absolute Gasteiger partial charge is 0.462 e. The van der Waals surface area contributed by atoms with Crippen LogP contribution in [-0.4, -0.2) is 6.09 Å². The first-order chi connectivity index (χ1) is 8.61. The van der Waals surface area contributed by atoms with E-state index in [0.29, 0.717) is 5.69 Å². The summed E-state index contributed by atoms with van der Waals surface area (Å²) in [5.74, 6) is 0. The van der Waals surface area contributed by atoms with E-state index in [1.807, 2.05) is 0 Å². The van der Waals surface area contributed by atoms with Gasteiger partial charge in [0, 0.05) is 0 Å². The second-order valence-corrected chi connectivity index (χ2v) is 4.32. The molecule has 1 radical (unpaired) electrons. The van der Waals surface area contributed by atoms with Crippen molar-refractivity contribution in [3.63, 3.8) is 0 Å². The van der Waals surface area contributed by atoms with Crippen LogP contribution in [0.25, 0.3) is 0 Å². The van der Waals surface area contributed by atoms with Gasteiger partial charge in [0.25, 0.3) is 0 Å². The molecule has 0 aliphatic carbocycles. The van der Waals surface area contributed by atoms with Crippen LogP contribution in [0.2, 0.25) is 10.0 Å². The van der Waals surface area contributed by atoms with Crippen molar-refractivity contribution in [3.05, 3.63) is 58.6 Å². The van der Waals surface area contributed by atoms with Gasteiger partial charge >= 0.3 is 6.09 Å². The molecule has 0 aliphatic rings. The van der Waals surface area contributed by atoms with Crippen LogP contribution in [0, 0.1) is 0 Å². The van der Waals surface area contributed by atoms with E-state index in [4.69, 9.17) is 23.2 Å². The first-order valence-electron chi connectivity index (χ1n) is 5.11. The molecule has 18 heavy (non-hydrogen) atoms. The molecule has 1 amide bonds. The molecular formula is C13H8Cl2NO2. The Kier molecular flexibility index (Phi) is 3.75. The highest BCUT2D eigenvalue weighted by Gasteiger charge is 2.23. The van der Waals surface area contributed by atoms with E-state index in [1.165, 1.54) is 0 Å². The molecule has 2 aromatic rings. The molecule has 0 aliphatic heterocycles. The summed E-state index contributed by atoms with van der Waals surface area (Å²) in [6.45, 7) is 0. The van der Waals surface area contributed by atoms with Gasteiger partial charge in [-0.2, -0.15) is 0 Å². The molecule has 5 heteroatoms. The van der Waals surface area contributed by atoms with Gasteiger partial charge in [0.15, 0.2) is 0 Å². The fourth-order valence-corrected chi connectivity index (χ4v) is 2.17. The Morgan fingerprint density at radius 3 is 1.94 bits per heavy atom. The number of halogens is 2. The summed E-state index contributed by atoms with van der Waals surface area (Å²) in [5, 5.41) is 11.8. The number of anilines is 2. The van der Waals surface area contributed by atoms with E-state index in [9.17, 15) is 9.90 Å². The van der Waals surface area contributed by atoms with Crippen LogP contribution in [0.15, 0.2) is 48.5 Å². The zero-order chi connectivity index (χ0) is 13.1. The number of benzene rings is 2. The average Bonchev–Trinajstić information content (AvgIpc) is 2.34. The summed E-state index contributed by atoms with van der Waals surface area (Å²) in [7, 11) is 0. The van der Waals surface area contributed by atoms with Crippen molar-refractivity contribution in [3.8, 4) is 0 Å². The fraction of sp³-hybridized carbons (Fsp3) is 0. The zero-order valence-corrected chi connectivity index (χ0v) is 10.7. The highest BCUT2D eigenvalue weighted by Crippen LogP contribution is 2.37. The monoisotopic (exact) mass is 280 g/mol. The molecule has 3 nitrogen and oxygen atoms in total. The lowest BCUT2D eigenvalue weighted by atomic mass is 10.2. The van der Waals surface area contributed by atoms with Crippen LogP contribution in [0.4, 0.5) is 16.2 Å². The van der Waals surface area contributed by atoms with E-state index < -0.39 is 6.09 Å². The van der Waals surface area contributed by atoms with Gasteiger partial charge < -0.3 is 0 Å². The molecular weight excluding hydrogens is 273 g/mol. The summed E-state index contributed by atoms with van der Waals surface area (Å²) >= 11 is 12.0. The number of rotatable bonds is 2. The highest BCUT2D eigenvalue weighted by molar-refractivity contribution is 6.40. The van der Waals surface area contributed by atoms with Crippen molar-refractivity contribution in [1.29, 1.82) is 0 Å². The van der Waals surface area contributed by atoms with Crippen LogP contribution >= 0.6 is 23.2 Å². The van der Waals surface area contributed by atoms with Gasteiger partial charge in [-0.3, -0.25) is 0 Å². The quantitative estimate of drug-likeness (QED) is 0.787. The van der Waals surface area contributed by atoms with Crippen LogP contribution in [-0.2, 0) is 5.11 Å². The zero-order valence-electron chi connectivity index (χ0n) is 9.14.